The Morgan fingerprint density at radius 3 is 2.09 bits per heavy atom. The van der Waals surface area contributed by atoms with Crippen molar-refractivity contribution in [1.29, 1.82) is 0 Å². The summed E-state index contributed by atoms with van der Waals surface area (Å²) in [6.07, 6.45) is -8.16. The summed E-state index contributed by atoms with van der Waals surface area (Å²) >= 11 is 0. The average Bonchev–Trinajstić information content (AvgIpc) is 3.14. The highest BCUT2D eigenvalue weighted by Crippen LogP contribution is 2.37. The number of hydrogen-bond donors (Lipinski definition) is 1. The standard InChI is InChI=1S/C24H16F6N2O3/c25-23(26,27)34-18-9-6-16(7-10-18)31-20-12-13-32(22(20)33)17-8-11-21(35-24(28,29)30)19(14-17)15-4-2-1-3-5-15/h1-12,14,31H,13H2. The van der Waals surface area contributed by atoms with Crippen molar-refractivity contribution in [3.8, 4) is 22.6 Å². The van der Waals surface area contributed by atoms with Crippen LogP contribution in [0.4, 0.5) is 37.7 Å². The summed E-state index contributed by atoms with van der Waals surface area (Å²) in [5.74, 6) is -1.29. The lowest BCUT2D eigenvalue weighted by Gasteiger charge is -2.20. The van der Waals surface area contributed by atoms with Crippen molar-refractivity contribution in [3.63, 3.8) is 0 Å². The van der Waals surface area contributed by atoms with Crippen LogP contribution in [0.5, 0.6) is 11.5 Å². The molecule has 4 rings (SSSR count). The van der Waals surface area contributed by atoms with E-state index >= 15 is 0 Å². The number of alkyl halides is 6. The maximum absolute atomic E-state index is 12.9. The van der Waals surface area contributed by atoms with Crippen molar-refractivity contribution in [1.82, 2.24) is 0 Å². The Labute approximate surface area is 195 Å². The number of anilines is 2. The number of ether oxygens (including phenoxy) is 2. The largest absolute Gasteiger partial charge is 0.573 e. The molecule has 0 radical (unpaired) electrons. The molecule has 0 unspecified atom stereocenters. The molecule has 0 bridgehead atoms. The number of benzene rings is 3. The van der Waals surface area contributed by atoms with Crippen molar-refractivity contribution in [2.24, 2.45) is 0 Å². The van der Waals surface area contributed by atoms with Crippen molar-refractivity contribution in [2.45, 2.75) is 12.7 Å². The number of hydrogen-bond acceptors (Lipinski definition) is 4. The quantitative estimate of drug-likeness (QED) is 0.398. The number of carbonyl (C=O) groups is 1. The van der Waals surface area contributed by atoms with Gasteiger partial charge in [-0.25, -0.2) is 0 Å². The van der Waals surface area contributed by atoms with E-state index in [1.807, 2.05) is 0 Å². The topological polar surface area (TPSA) is 50.8 Å². The summed E-state index contributed by atoms with van der Waals surface area (Å²) in [6, 6.07) is 17.0. The number of halogens is 6. The van der Waals surface area contributed by atoms with E-state index < -0.39 is 30.1 Å². The van der Waals surface area contributed by atoms with Gasteiger partial charge in [-0.15, -0.1) is 26.3 Å². The van der Waals surface area contributed by atoms with Gasteiger partial charge in [0, 0.05) is 23.5 Å². The van der Waals surface area contributed by atoms with E-state index in [0.717, 1.165) is 18.2 Å². The lowest BCUT2D eigenvalue weighted by molar-refractivity contribution is -0.275. The predicted octanol–water partition coefficient (Wildman–Crippen LogP) is 6.49. The predicted molar refractivity (Wildman–Crippen MR) is 116 cm³/mol. The first-order chi connectivity index (χ1) is 16.5. The van der Waals surface area contributed by atoms with E-state index in [-0.39, 0.29) is 17.8 Å². The molecule has 5 nitrogen and oxygen atoms in total. The van der Waals surface area contributed by atoms with E-state index in [1.165, 1.54) is 29.2 Å². The summed E-state index contributed by atoms with van der Waals surface area (Å²) in [5, 5.41) is 2.83. The first kappa shape index (κ1) is 24.0. The molecule has 0 saturated carbocycles. The second-order valence-electron chi connectivity index (χ2n) is 7.33. The molecule has 1 amide bonds. The summed E-state index contributed by atoms with van der Waals surface area (Å²) in [6.45, 7) is 0.129. The lowest BCUT2D eigenvalue weighted by Crippen LogP contribution is -2.28. The molecule has 1 aliphatic heterocycles. The third-order valence-electron chi connectivity index (χ3n) is 4.91. The number of rotatable bonds is 6. The van der Waals surface area contributed by atoms with Crippen LogP contribution in [0.1, 0.15) is 0 Å². The molecule has 0 saturated heterocycles. The van der Waals surface area contributed by atoms with Crippen molar-refractivity contribution in [3.05, 3.63) is 84.6 Å². The Morgan fingerprint density at radius 1 is 0.800 bits per heavy atom. The van der Waals surface area contributed by atoms with E-state index in [0.29, 0.717) is 16.9 Å². The molecule has 0 spiro atoms. The molecule has 11 heteroatoms. The van der Waals surface area contributed by atoms with E-state index in [2.05, 4.69) is 14.8 Å². The molecule has 1 heterocycles. The average molecular weight is 494 g/mol. The zero-order chi connectivity index (χ0) is 25.2. The third-order valence-corrected chi connectivity index (χ3v) is 4.91. The SMILES string of the molecule is O=C1C(Nc2ccc(OC(F)(F)F)cc2)=CCN1c1ccc(OC(F)(F)F)c(-c2ccccc2)c1. The Morgan fingerprint density at radius 2 is 1.46 bits per heavy atom. The lowest BCUT2D eigenvalue weighted by atomic mass is 10.0. The van der Waals surface area contributed by atoms with Crippen LogP contribution < -0.4 is 19.7 Å². The summed E-state index contributed by atoms with van der Waals surface area (Å²) in [7, 11) is 0. The number of nitrogens with zero attached hydrogens (tertiary/aromatic N) is 1. The molecule has 0 atom stereocenters. The van der Waals surface area contributed by atoms with Crippen LogP contribution in [0.15, 0.2) is 84.6 Å². The van der Waals surface area contributed by atoms with Crippen LogP contribution in [0.2, 0.25) is 0 Å². The normalized spacial score (nSPS) is 14.1. The fourth-order valence-corrected chi connectivity index (χ4v) is 3.46. The summed E-state index contributed by atoms with van der Waals surface area (Å²) in [4.78, 5) is 14.3. The van der Waals surface area contributed by atoms with Gasteiger partial charge in [0.25, 0.3) is 5.91 Å². The zero-order valence-corrected chi connectivity index (χ0v) is 17.7. The van der Waals surface area contributed by atoms with Crippen LogP contribution in [-0.4, -0.2) is 25.2 Å². The summed E-state index contributed by atoms with van der Waals surface area (Å²) in [5.41, 5.74) is 1.46. The third kappa shape index (κ3) is 6.05. The van der Waals surface area contributed by atoms with Crippen molar-refractivity contribution in [2.75, 3.05) is 16.8 Å². The summed E-state index contributed by atoms with van der Waals surface area (Å²) < 4.78 is 83.6. The van der Waals surface area contributed by atoms with E-state index in [4.69, 9.17) is 0 Å². The van der Waals surface area contributed by atoms with Crippen LogP contribution in [0.3, 0.4) is 0 Å². The van der Waals surface area contributed by atoms with Gasteiger partial charge >= 0.3 is 12.7 Å². The smallest absolute Gasteiger partial charge is 0.406 e. The van der Waals surface area contributed by atoms with Gasteiger partial charge in [-0.1, -0.05) is 30.3 Å². The number of amides is 1. The highest BCUT2D eigenvalue weighted by atomic mass is 19.4. The van der Waals surface area contributed by atoms with Gasteiger partial charge in [0.1, 0.15) is 17.2 Å². The van der Waals surface area contributed by atoms with Gasteiger partial charge in [0.05, 0.1) is 0 Å². The highest BCUT2D eigenvalue weighted by molar-refractivity contribution is 6.10. The molecule has 1 aliphatic rings. The van der Waals surface area contributed by atoms with Gasteiger partial charge in [-0.05, 0) is 54.1 Å². The minimum Gasteiger partial charge on any atom is -0.406 e. The molecule has 0 fully saturated rings. The fraction of sp³-hybridized carbons (Fsp3) is 0.125. The van der Waals surface area contributed by atoms with Gasteiger partial charge in [-0.3, -0.25) is 4.79 Å². The maximum Gasteiger partial charge on any atom is 0.573 e. The van der Waals surface area contributed by atoms with Crippen molar-refractivity contribution < 1.29 is 40.6 Å². The number of carbonyl (C=O) groups excluding carboxylic acids is 1. The van der Waals surface area contributed by atoms with E-state index in [9.17, 15) is 31.1 Å². The molecule has 0 aromatic heterocycles. The number of nitrogens with one attached hydrogen (secondary N) is 1. The molecular weight excluding hydrogens is 478 g/mol. The highest BCUT2D eigenvalue weighted by Gasteiger charge is 2.33. The van der Waals surface area contributed by atoms with Crippen LogP contribution in [0.25, 0.3) is 11.1 Å². The first-order valence-electron chi connectivity index (χ1n) is 10.1. The minimum atomic E-state index is -4.89. The zero-order valence-electron chi connectivity index (χ0n) is 17.7. The molecular formula is C24H16F6N2O3. The molecule has 182 valence electrons. The Bertz CT molecular complexity index is 1240. The first-order valence-corrected chi connectivity index (χ1v) is 10.1. The Kier molecular flexibility index (Phi) is 6.33. The monoisotopic (exact) mass is 494 g/mol. The van der Waals surface area contributed by atoms with Crippen LogP contribution in [0, 0.1) is 0 Å². The van der Waals surface area contributed by atoms with Crippen molar-refractivity contribution >= 4 is 17.3 Å². The molecule has 3 aromatic carbocycles. The van der Waals surface area contributed by atoms with Gasteiger partial charge in [0.2, 0.25) is 0 Å². The van der Waals surface area contributed by atoms with Crippen LogP contribution >= 0.6 is 0 Å². The van der Waals surface area contributed by atoms with Crippen LogP contribution in [-0.2, 0) is 4.79 Å². The Balaban J connectivity index is 1.53. The second kappa shape index (κ2) is 9.24. The molecule has 35 heavy (non-hydrogen) atoms. The Hall–Kier alpha value is -4.15. The molecule has 0 aliphatic carbocycles. The second-order valence-corrected chi connectivity index (χ2v) is 7.33. The van der Waals surface area contributed by atoms with Gasteiger partial charge < -0.3 is 19.7 Å². The molecule has 1 N–H and O–H groups in total. The van der Waals surface area contributed by atoms with Gasteiger partial charge in [-0.2, -0.15) is 0 Å². The minimum absolute atomic E-state index is 0.129. The molecule has 3 aromatic rings. The van der Waals surface area contributed by atoms with E-state index in [1.54, 1.807) is 36.4 Å². The fourth-order valence-electron chi connectivity index (χ4n) is 3.46. The van der Waals surface area contributed by atoms with Gasteiger partial charge in [0.15, 0.2) is 0 Å². The maximum atomic E-state index is 12.9.